The Bertz CT molecular complexity index is 231. The number of carbonyl (C=O) groups is 2. The van der Waals surface area contributed by atoms with Crippen LogP contribution in [0.2, 0.25) is 0 Å². The summed E-state index contributed by atoms with van der Waals surface area (Å²) in [4.78, 5) is 22.5. The van der Waals surface area contributed by atoms with Crippen LogP contribution in [0.25, 0.3) is 0 Å². The Labute approximate surface area is 96.9 Å². The van der Waals surface area contributed by atoms with Gasteiger partial charge in [-0.25, -0.2) is 0 Å². The van der Waals surface area contributed by atoms with E-state index in [1.165, 1.54) is 7.11 Å². The molecule has 2 atom stereocenters. The van der Waals surface area contributed by atoms with Crippen molar-refractivity contribution < 1.29 is 14.3 Å². The molecule has 5 nitrogen and oxygen atoms in total. The summed E-state index contributed by atoms with van der Waals surface area (Å²) in [7, 11) is 1.32. The number of nitrogens with one attached hydrogen (secondary N) is 2. The summed E-state index contributed by atoms with van der Waals surface area (Å²) in [6.07, 6.45) is 1.99. The Hall–Kier alpha value is -1.10. The second-order valence-corrected chi connectivity index (χ2v) is 3.88. The van der Waals surface area contributed by atoms with Gasteiger partial charge in [-0.3, -0.25) is 14.9 Å². The third-order valence-electron chi connectivity index (χ3n) is 2.28. The maximum absolute atomic E-state index is 11.6. The Morgan fingerprint density at radius 3 is 2.44 bits per heavy atom. The molecule has 5 heteroatoms. The van der Waals surface area contributed by atoms with Gasteiger partial charge < -0.3 is 10.1 Å². The number of hydrogen-bond acceptors (Lipinski definition) is 4. The topological polar surface area (TPSA) is 67.4 Å². The number of esters is 1. The average molecular weight is 230 g/mol. The maximum Gasteiger partial charge on any atom is 0.319 e. The molecule has 16 heavy (non-hydrogen) atoms. The van der Waals surface area contributed by atoms with E-state index in [-0.39, 0.29) is 24.5 Å². The minimum atomic E-state index is -0.390. The molecular formula is C11H22N2O3. The van der Waals surface area contributed by atoms with Crippen LogP contribution >= 0.6 is 0 Å². The van der Waals surface area contributed by atoms with E-state index in [0.29, 0.717) is 0 Å². The maximum atomic E-state index is 11.6. The fraction of sp³-hybridized carbons (Fsp3) is 0.818. The number of methoxy groups -OCH3 is 1. The molecule has 0 saturated heterocycles. The van der Waals surface area contributed by atoms with Crippen molar-refractivity contribution >= 4 is 11.9 Å². The Morgan fingerprint density at radius 1 is 1.31 bits per heavy atom. The van der Waals surface area contributed by atoms with E-state index in [1.807, 2.05) is 6.92 Å². The molecule has 0 aliphatic heterocycles. The average Bonchev–Trinajstić information content (AvgIpc) is 2.25. The van der Waals surface area contributed by atoms with E-state index in [0.717, 1.165) is 12.8 Å². The SMILES string of the molecule is CCCC(C)NC(=O)C(C)NCC(=O)OC. The molecule has 0 aromatic carbocycles. The molecule has 0 heterocycles. The number of carbonyl (C=O) groups excluding carboxylic acids is 2. The fourth-order valence-corrected chi connectivity index (χ4v) is 1.27. The van der Waals surface area contributed by atoms with Crippen LogP contribution < -0.4 is 10.6 Å². The monoisotopic (exact) mass is 230 g/mol. The molecule has 0 saturated carbocycles. The zero-order chi connectivity index (χ0) is 12.6. The van der Waals surface area contributed by atoms with Crippen molar-refractivity contribution in [3.8, 4) is 0 Å². The van der Waals surface area contributed by atoms with E-state index in [1.54, 1.807) is 6.92 Å². The highest BCUT2D eigenvalue weighted by atomic mass is 16.5. The summed E-state index contributed by atoms with van der Waals surface area (Å²) in [6, 6.07) is -0.224. The van der Waals surface area contributed by atoms with Gasteiger partial charge in [-0.15, -0.1) is 0 Å². The van der Waals surface area contributed by atoms with Crippen molar-refractivity contribution in [2.75, 3.05) is 13.7 Å². The van der Waals surface area contributed by atoms with E-state index in [2.05, 4.69) is 22.3 Å². The van der Waals surface area contributed by atoms with Gasteiger partial charge in [-0.1, -0.05) is 13.3 Å². The Balaban J connectivity index is 3.85. The first kappa shape index (κ1) is 14.9. The van der Waals surface area contributed by atoms with Crippen molar-refractivity contribution in [3.63, 3.8) is 0 Å². The Morgan fingerprint density at radius 2 is 1.94 bits per heavy atom. The van der Waals surface area contributed by atoms with E-state index in [4.69, 9.17) is 0 Å². The van der Waals surface area contributed by atoms with Crippen LogP contribution in [0.5, 0.6) is 0 Å². The summed E-state index contributed by atoms with van der Waals surface area (Å²) >= 11 is 0. The number of ether oxygens (including phenoxy) is 1. The summed E-state index contributed by atoms with van der Waals surface area (Å²) in [6.45, 7) is 5.81. The predicted molar refractivity (Wildman–Crippen MR) is 62.0 cm³/mol. The lowest BCUT2D eigenvalue weighted by molar-refractivity contribution is -0.139. The van der Waals surface area contributed by atoms with Gasteiger partial charge in [0.2, 0.25) is 5.91 Å². The standard InChI is InChI=1S/C11H22N2O3/c1-5-6-8(2)13-11(15)9(3)12-7-10(14)16-4/h8-9,12H,5-7H2,1-4H3,(H,13,15). The minimum absolute atomic E-state index is 0.0489. The summed E-state index contributed by atoms with van der Waals surface area (Å²) in [5, 5.41) is 5.66. The molecule has 1 amide bonds. The van der Waals surface area contributed by atoms with Crippen molar-refractivity contribution in [1.82, 2.24) is 10.6 Å². The molecule has 0 fully saturated rings. The normalized spacial score (nSPS) is 14.0. The number of rotatable bonds is 7. The molecule has 0 aromatic heterocycles. The van der Waals surface area contributed by atoms with Gasteiger partial charge in [0.25, 0.3) is 0 Å². The predicted octanol–water partition coefficient (Wildman–Crippen LogP) is 0.442. The van der Waals surface area contributed by atoms with Crippen molar-refractivity contribution in [1.29, 1.82) is 0 Å². The van der Waals surface area contributed by atoms with Crippen LogP contribution in [0.3, 0.4) is 0 Å². The van der Waals surface area contributed by atoms with Crippen molar-refractivity contribution in [2.24, 2.45) is 0 Å². The molecule has 0 bridgehead atoms. The van der Waals surface area contributed by atoms with Gasteiger partial charge >= 0.3 is 5.97 Å². The highest BCUT2D eigenvalue weighted by Crippen LogP contribution is 1.95. The molecule has 0 radical (unpaired) electrons. The van der Waals surface area contributed by atoms with E-state index in [9.17, 15) is 9.59 Å². The van der Waals surface area contributed by atoms with Crippen molar-refractivity contribution in [2.45, 2.75) is 45.7 Å². The molecule has 0 aliphatic carbocycles. The lowest BCUT2D eigenvalue weighted by Gasteiger charge is -2.17. The molecule has 2 unspecified atom stereocenters. The summed E-state index contributed by atoms with van der Waals surface area (Å²) < 4.78 is 4.47. The first-order chi connectivity index (χ1) is 7.51. The second-order valence-electron chi connectivity index (χ2n) is 3.88. The molecule has 0 aliphatic rings. The van der Waals surface area contributed by atoms with Gasteiger partial charge in [0.15, 0.2) is 0 Å². The third kappa shape index (κ3) is 6.40. The van der Waals surface area contributed by atoms with E-state index < -0.39 is 6.04 Å². The lowest BCUT2D eigenvalue weighted by atomic mass is 10.2. The molecule has 94 valence electrons. The Kier molecular flexibility index (Phi) is 7.54. The third-order valence-corrected chi connectivity index (χ3v) is 2.28. The number of amides is 1. The van der Waals surface area contributed by atoms with Crippen LogP contribution in [0.4, 0.5) is 0 Å². The van der Waals surface area contributed by atoms with Gasteiger partial charge in [0, 0.05) is 6.04 Å². The molecule has 0 aromatic rings. The van der Waals surface area contributed by atoms with Crippen LogP contribution in [-0.2, 0) is 14.3 Å². The fourth-order valence-electron chi connectivity index (χ4n) is 1.27. The first-order valence-electron chi connectivity index (χ1n) is 5.61. The smallest absolute Gasteiger partial charge is 0.319 e. The van der Waals surface area contributed by atoms with Crippen LogP contribution in [-0.4, -0.2) is 37.6 Å². The molecule has 2 N–H and O–H groups in total. The van der Waals surface area contributed by atoms with Crippen LogP contribution in [0, 0.1) is 0 Å². The molecule has 0 spiro atoms. The van der Waals surface area contributed by atoms with Gasteiger partial charge in [0.05, 0.1) is 19.7 Å². The van der Waals surface area contributed by atoms with E-state index >= 15 is 0 Å². The van der Waals surface area contributed by atoms with Gasteiger partial charge in [-0.05, 0) is 20.3 Å². The summed E-state index contributed by atoms with van der Waals surface area (Å²) in [5.41, 5.74) is 0. The number of hydrogen-bond donors (Lipinski definition) is 2. The second kappa shape index (κ2) is 8.10. The van der Waals surface area contributed by atoms with Gasteiger partial charge in [-0.2, -0.15) is 0 Å². The zero-order valence-electron chi connectivity index (χ0n) is 10.5. The highest BCUT2D eigenvalue weighted by molar-refractivity contribution is 5.82. The van der Waals surface area contributed by atoms with Crippen LogP contribution in [0.15, 0.2) is 0 Å². The van der Waals surface area contributed by atoms with Gasteiger partial charge in [0.1, 0.15) is 0 Å². The zero-order valence-corrected chi connectivity index (χ0v) is 10.5. The first-order valence-corrected chi connectivity index (χ1v) is 5.61. The quantitative estimate of drug-likeness (QED) is 0.623. The molecule has 0 rings (SSSR count). The van der Waals surface area contributed by atoms with Crippen molar-refractivity contribution in [3.05, 3.63) is 0 Å². The minimum Gasteiger partial charge on any atom is -0.468 e. The highest BCUT2D eigenvalue weighted by Gasteiger charge is 2.15. The van der Waals surface area contributed by atoms with Crippen LogP contribution in [0.1, 0.15) is 33.6 Å². The summed E-state index contributed by atoms with van der Waals surface area (Å²) in [5.74, 6) is -0.467. The largest absolute Gasteiger partial charge is 0.468 e. The lowest BCUT2D eigenvalue weighted by Crippen LogP contribution is -2.46. The molecular weight excluding hydrogens is 208 g/mol.